The van der Waals surface area contributed by atoms with Crippen LogP contribution < -0.4 is 5.73 Å². The summed E-state index contributed by atoms with van der Waals surface area (Å²) in [6.45, 7) is 3.28. The van der Waals surface area contributed by atoms with E-state index in [9.17, 15) is 0 Å². The van der Waals surface area contributed by atoms with Crippen molar-refractivity contribution in [1.29, 1.82) is 0 Å². The normalized spacial score (nSPS) is 36.9. The van der Waals surface area contributed by atoms with Gasteiger partial charge in [-0.05, 0) is 62.3 Å². The van der Waals surface area contributed by atoms with Crippen molar-refractivity contribution in [3.8, 4) is 0 Å². The first kappa shape index (κ1) is 15.4. The van der Waals surface area contributed by atoms with Crippen LogP contribution in [0.15, 0.2) is 0 Å². The summed E-state index contributed by atoms with van der Waals surface area (Å²) >= 11 is 0. The number of fused-ring (bicyclic) bond motifs is 1. The van der Waals surface area contributed by atoms with Gasteiger partial charge in [0.2, 0.25) is 0 Å². The third-order valence-electron chi connectivity index (χ3n) is 5.94. The molecule has 0 radical (unpaired) electrons. The van der Waals surface area contributed by atoms with Crippen molar-refractivity contribution in [2.45, 2.75) is 84.0 Å². The highest BCUT2D eigenvalue weighted by atomic mass is 14.5. The van der Waals surface area contributed by atoms with Gasteiger partial charge < -0.3 is 5.73 Å². The summed E-state index contributed by atoms with van der Waals surface area (Å²) in [4.78, 5) is 0. The summed E-state index contributed by atoms with van der Waals surface area (Å²) in [6.07, 6.45) is 17.6. The summed E-state index contributed by atoms with van der Waals surface area (Å²) in [5, 5.41) is 0. The predicted octanol–water partition coefficient (Wildman–Crippen LogP) is 5.14. The van der Waals surface area contributed by atoms with Crippen molar-refractivity contribution in [3.05, 3.63) is 0 Å². The topological polar surface area (TPSA) is 26.0 Å². The number of hydrogen-bond acceptors (Lipinski definition) is 1. The molecule has 0 aromatic carbocycles. The third-order valence-corrected chi connectivity index (χ3v) is 5.94. The van der Waals surface area contributed by atoms with Crippen LogP contribution in [-0.4, -0.2) is 6.54 Å². The molecule has 1 heteroatoms. The van der Waals surface area contributed by atoms with Crippen LogP contribution in [-0.2, 0) is 0 Å². The third kappa shape index (κ3) is 4.21. The number of nitrogens with two attached hydrogens (primary N) is 1. The molecule has 2 aliphatic rings. The van der Waals surface area contributed by atoms with Crippen LogP contribution in [0.5, 0.6) is 0 Å². The minimum atomic E-state index is 0.909. The number of hydrogen-bond donors (Lipinski definition) is 1. The van der Waals surface area contributed by atoms with Crippen molar-refractivity contribution < 1.29 is 0 Å². The van der Waals surface area contributed by atoms with E-state index >= 15 is 0 Å². The fourth-order valence-corrected chi connectivity index (χ4v) is 5.05. The van der Waals surface area contributed by atoms with E-state index in [1.165, 1.54) is 77.0 Å². The molecular weight excluding hydrogens is 230 g/mol. The van der Waals surface area contributed by atoms with E-state index in [0.29, 0.717) is 0 Å². The molecule has 0 aromatic rings. The molecule has 4 unspecified atom stereocenters. The monoisotopic (exact) mass is 265 g/mol. The zero-order valence-corrected chi connectivity index (χ0v) is 13.1. The smallest absolute Gasteiger partial charge is 0.00745 e. The minimum Gasteiger partial charge on any atom is -0.330 e. The zero-order valence-electron chi connectivity index (χ0n) is 13.1. The van der Waals surface area contributed by atoms with Crippen LogP contribution in [0.1, 0.15) is 84.0 Å². The first-order valence-corrected chi connectivity index (χ1v) is 9.06. The van der Waals surface area contributed by atoms with Crippen molar-refractivity contribution in [2.24, 2.45) is 29.4 Å². The highest BCUT2D eigenvalue weighted by Crippen LogP contribution is 2.47. The largest absolute Gasteiger partial charge is 0.330 e. The summed E-state index contributed by atoms with van der Waals surface area (Å²) in [5.41, 5.74) is 5.88. The lowest BCUT2D eigenvalue weighted by atomic mass is 9.62. The Morgan fingerprint density at radius 3 is 1.79 bits per heavy atom. The van der Waals surface area contributed by atoms with E-state index in [2.05, 4.69) is 6.92 Å². The Morgan fingerprint density at radius 1 is 0.737 bits per heavy atom. The van der Waals surface area contributed by atoms with Crippen LogP contribution in [0, 0.1) is 23.7 Å². The summed E-state index contributed by atoms with van der Waals surface area (Å²) < 4.78 is 0. The zero-order chi connectivity index (χ0) is 13.5. The Labute approximate surface area is 120 Å². The van der Waals surface area contributed by atoms with E-state index in [1.807, 2.05) is 0 Å². The van der Waals surface area contributed by atoms with Gasteiger partial charge in [0, 0.05) is 0 Å². The van der Waals surface area contributed by atoms with E-state index < -0.39 is 0 Å². The van der Waals surface area contributed by atoms with Crippen molar-refractivity contribution in [1.82, 2.24) is 0 Å². The average Bonchev–Trinajstić information content (AvgIpc) is 2.54. The fraction of sp³-hybridized carbons (Fsp3) is 1.00. The molecule has 2 aliphatic carbocycles. The molecule has 19 heavy (non-hydrogen) atoms. The van der Waals surface area contributed by atoms with Crippen LogP contribution in [0.3, 0.4) is 0 Å². The van der Waals surface area contributed by atoms with Gasteiger partial charge in [0.25, 0.3) is 0 Å². The van der Waals surface area contributed by atoms with Crippen molar-refractivity contribution in [3.63, 3.8) is 0 Å². The van der Waals surface area contributed by atoms with Crippen LogP contribution in [0.25, 0.3) is 0 Å². The van der Waals surface area contributed by atoms with Gasteiger partial charge in [0.1, 0.15) is 0 Å². The van der Waals surface area contributed by atoms with Gasteiger partial charge in [-0.15, -0.1) is 0 Å². The molecule has 0 heterocycles. The lowest BCUT2D eigenvalue weighted by molar-refractivity contribution is 0.0645. The maximum Gasteiger partial charge on any atom is -0.00745 e. The molecule has 4 atom stereocenters. The highest BCUT2D eigenvalue weighted by Gasteiger charge is 2.37. The van der Waals surface area contributed by atoms with Crippen molar-refractivity contribution >= 4 is 0 Å². The summed E-state index contributed by atoms with van der Waals surface area (Å²) in [7, 11) is 0. The molecule has 2 rings (SSSR count). The van der Waals surface area contributed by atoms with E-state index in [-0.39, 0.29) is 0 Å². The lowest BCUT2D eigenvalue weighted by Gasteiger charge is -2.44. The quantitative estimate of drug-likeness (QED) is 0.748. The molecular formula is C18H35N. The molecule has 0 saturated heterocycles. The van der Waals surface area contributed by atoms with E-state index in [0.717, 1.165) is 30.2 Å². The maximum absolute atomic E-state index is 5.88. The molecule has 0 aliphatic heterocycles. The second-order valence-electron chi connectivity index (χ2n) is 7.14. The molecule has 1 nitrogen and oxygen atoms in total. The highest BCUT2D eigenvalue weighted by molar-refractivity contribution is 4.88. The number of rotatable bonds is 4. The lowest BCUT2D eigenvalue weighted by Crippen LogP contribution is -2.35. The Balaban J connectivity index is 2.06. The predicted molar refractivity (Wildman–Crippen MR) is 84.1 cm³/mol. The van der Waals surface area contributed by atoms with Crippen LogP contribution in [0.2, 0.25) is 0 Å². The Hall–Kier alpha value is -0.0400. The fourth-order valence-electron chi connectivity index (χ4n) is 5.05. The second-order valence-corrected chi connectivity index (χ2v) is 7.14. The second kappa shape index (κ2) is 8.29. The SMILES string of the molecule is CCCC1CCC(CCN)C2CCCCCCCC12. The van der Waals surface area contributed by atoms with Gasteiger partial charge in [0.05, 0.1) is 0 Å². The Morgan fingerprint density at radius 2 is 1.26 bits per heavy atom. The molecule has 2 saturated carbocycles. The van der Waals surface area contributed by atoms with Gasteiger partial charge in [-0.1, -0.05) is 51.9 Å². The van der Waals surface area contributed by atoms with Crippen LogP contribution >= 0.6 is 0 Å². The molecule has 112 valence electrons. The van der Waals surface area contributed by atoms with Crippen LogP contribution in [0.4, 0.5) is 0 Å². The van der Waals surface area contributed by atoms with Gasteiger partial charge in [-0.2, -0.15) is 0 Å². The Kier molecular flexibility index (Phi) is 6.70. The molecule has 2 fully saturated rings. The van der Waals surface area contributed by atoms with E-state index in [4.69, 9.17) is 5.73 Å². The minimum absolute atomic E-state index is 0.909. The first-order valence-electron chi connectivity index (χ1n) is 9.06. The standard InChI is InChI=1S/C18H35N/c1-2-8-15-11-12-16(13-14-19)18-10-7-5-3-4-6-9-17(15)18/h15-18H,2-14,19H2,1H3. The molecule has 0 bridgehead atoms. The summed E-state index contributed by atoms with van der Waals surface area (Å²) in [6, 6.07) is 0. The van der Waals surface area contributed by atoms with Gasteiger partial charge in [0.15, 0.2) is 0 Å². The van der Waals surface area contributed by atoms with Crippen molar-refractivity contribution in [2.75, 3.05) is 6.54 Å². The maximum atomic E-state index is 5.88. The first-order chi connectivity index (χ1) is 9.36. The van der Waals surface area contributed by atoms with Gasteiger partial charge in [-0.3, -0.25) is 0 Å². The molecule has 0 spiro atoms. The average molecular weight is 265 g/mol. The Bertz CT molecular complexity index is 214. The van der Waals surface area contributed by atoms with E-state index in [1.54, 1.807) is 0 Å². The molecule has 0 aromatic heterocycles. The van der Waals surface area contributed by atoms with Gasteiger partial charge >= 0.3 is 0 Å². The molecule has 0 amide bonds. The molecule has 2 N–H and O–H groups in total. The van der Waals surface area contributed by atoms with Gasteiger partial charge in [-0.25, -0.2) is 0 Å². The summed E-state index contributed by atoms with van der Waals surface area (Å²) in [5.74, 6) is 4.07.